The number of aromatic nitrogens is 1. The first-order valence-electron chi connectivity index (χ1n) is 20.2. The molecule has 0 amide bonds. The summed E-state index contributed by atoms with van der Waals surface area (Å²) in [7, 11) is 0. The van der Waals surface area contributed by atoms with E-state index in [2.05, 4.69) is 190 Å². The van der Waals surface area contributed by atoms with E-state index < -0.39 is 0 Å². The Morgan fingerprint density at radius 3 is 1.97 bits per heavy atom. The van der Waals surface area contributed by atoms with Gasteiger partial charge in [-0.05, 0) is 145 Å². The molecule has 5 heteroatoms. The van der Waals surface area contributed by atoms with Gasteiger partial charge in [0.25, 0.3) is 0 Å². The largest absolute Gasteiger partial charge is 0.456 e. The molecule has 0 N–H and O–H groups in total. The van der Waals surface area contributed by atoms with Crippen LogP contribution in [0.5, 0.6) is 11.5 Å². The van der Waals surface area contributed by atoms with Crippen LogP contribution >= 0.6 is 0 Å². The lowest BCUT2D eigenvalue weighted by Gasteiger charge is -2.33. The van der Waals surface area contributed by atoms with E-state index in [4.69, 9.17) is 9.15 Å². The molecule has 10 aromatic rings. The molecule has 0 saturated carbocycles. The second-order valence-corrected chi connectivity index (χ2v) is 15.3. The molecule has 280 valence electrons. The minimum Gasteiger partial charge on any atom is -0.456 e. The summed E-state index contributed by atoms with van der Waals surface area (Å²) >= 11 is 0. The fourth-order valence-electron chi connectivity index (χ4n) is 9.11. The number of anilines is 6. The van der Waals surface area contributed by atoms with Gasteiger partial charge in [-0.15, -0.1) is 0 Å². The first-order valence-corrected chi connectivity index (χ1v) is 20.2. The number of para-hydroxylation sites is 5. The summed E-state index contributed by atoms with van der Waals surface area (Å²) < 4.78 is 15.3. The van der Waals surface area contributed by atoms with Gasteiger partial charge in [-0.1, -0.05) is 84.9 Å². The Morgan fingerprint density at radius 2 is 1.14 bits per heavy atom. The van der Waals surface area contributed by atoms with Gasteiger partial charge < -0.3 is 23.5 Å². The highest BCUT2D eigenvalue weighted by Crippen LogP contribution is 2.52. The van der Waals surface area contributed by atoms with Gasteiger partial charge in [0, 0.05) is 50.3 Å². The Hall–Kier alpha value is -7.76. The van der Waals surface area contributed by atoms with Crippen molar-refractivity contribution in [2.45, 2.75) is 12.8 Å². The summed E-state index contributed by atoms with van der Waals surface area (Å²) in [5.74, 6) is 1.64. The smallest absolute Gasteiger partial charge is 0.152 e. The first-order chi connectivity index (χ1) is 29.2. The van der Waals surface area contributed by atoms with Crippen molar-refractivity contribution in [1.82, 2.24) is 4.57 Å². The number of fused-ring (bicyclic) bond motifs is 8. The van der Waals surface area contributed by atoms with Crippen LogP contribution in [-0.2, 0) is 6.42 Å². The van der Waals surface area contributed by atoms with Crippen LogP contribution in [0.3, 0.4) is 0 Å². The third kappa shape index (κ3) is 5.47. The topological polar surface area (TPSA) is 33.8 Å². The Bertz CT molecular complexity index is 3210. The SMILES string of the molecule is C1=Cc2c(c3cc(-c4ccc5c(c4)Oc4ccccc4N5c4ccc5oc6ccccc6c5c4)ccc3n2-c2ccc(N(c3ccccc3)c3ccccc3)cc2)CC1. The van der Waals surface area contributed by atoms with Crippen LogP contribution in [0.2, 0.25) is 0 Å². The average Bonchev–Trinajstić information content (AvgIpc) is 3.84. The molecule has 2 aromatic heterocycles. The van der Waals surface area contributed by atoms with Crippen molar-refractivity contribution < 1.29 is 9.15 Å². The fourth-order valence-corrected chi connectivity index (χ4v) is 9.11. The fraction of sp³-hybridized carbons (Fsp3) is 0.0370. The van der Waals surface area contributed by atoms with Crippen molar-refractivity contribution in [2.75, 3.05) is 9.80 Å². The summed E-state index contributed by atoms with van der Waals surface area (Å²) in [5, 5.41) is 3.49. The van der Waals surface area contributed by atoms with E-state index in [9.17, 15) is 0 Å². The molecule has 59 heavy (non-hydrogen) atoms. The number of aryl methyl sites for hydroxylation is 1. The van der Waals surface area contributed by atoms with Gasteiger partial charge in [0.05, 0.1) is 16.9 Å². The van der Waals surface area contributed by atoms with Crippen molar-refractivity contribution in [3.63, 3.8) is 0 Å². The molecule has 1 aliphatic carbocycles. The van der Waals surface area contributed by atoms with Gasteiger partial charge in [-0.2, -0.15) is 0 Å². The average molecular weight is 760 g/mol. The van der Waals surface area contributed by atoms with Crippen LogP contribution < -0.4 is 14.5 Å². The molecular weight excluding hydrogens is 723 g/mol. The molecule has 0 radical (unpaired) electrons. The number of nitrogens with zero attached hydrogens (tertiary/aromatic N) is 3. The first kappa shape index (κ1) is 33.4. The molecule has 3 heterocycles. The Kier molecular flexibility index (Phi) is 7.60. The molecular formula is C54H37N3O2. The Labute approximate surface area is 341 Å². The number of benzene rings is 8. The summed E-state index contributed by atoms with van der Waals surface area (Å²) in [6.45, 7) is 0. The van der Waals surface area contributed by atoms with Crippen molar-refractivity contribution >= 4 is 73.0 Å². The lowest BCUT2D eigenvalue weighted by atomic mass is 9.97. The van der Waals surface area contributed by atoms with Crippen molar-refractivity contribution in [3.8, 4) is 28.3 Å². The maximum absolute atomic E-state index is 6.68. The van der Waals surface area contributed by atoms with Crippen LogP contribution in [-0.4, -0.2) is 4.57 Å². The second kappa shape index (κ2) is 13.4. The lowest BCUT2D eigenvalue weighted by molar-refractivity contribution is 0.477. The van der Waals surface area contributed by atoms with Crippen molar-refractivity contribution in [3.05, 3.63) is 205 Å². The number of hydrogen-bond acceptors (Lipinski definition) is 4. The highest BCUT2D eigenvalue weighted by atomic mass is 16.5. The summed E-state index contributed by atoms with van der Waals surface area (Å²) in [6.07, 6.45) is 6.63. The quantitative estimate of drug-likeness (QED) is 0.169. The summed E-state index contributed by atoms with van der Waals surface area (Å²) in [6, 6.07) is 66.6. The highest BCUT2D eigenvalue weighted by Gasteiger charge is 2.27. The minimum atomic E-state index is 0.820. The summed E-state index contributed by atoms with van der Waals surface area (Å²) in [4.78, 5) is 4.61. The van der Waals surface area contributed by atoms with E-state index in [1.165, 1.54) is 22.2 Å². The lowest BCUT2D eigenvalue weighted by Crippen LogP contribution is -2.15. The van der Waals surface area contributed by atoms with Gasteiger partial charge >= 0.3 is 0 Å². The molecule has 1 aliphatic heterocycles. The number of hydrogen-bond donors (Lipinski definition) is 0. The molecule has 0 spiro atoms. The predicted molar refractivity (Wildman–Crippen MR) is 243 cm³/mol. The van der Waals surface area contributed by atoms with Gasteiger partial charge in [0.15, 0.2) is 11.5 Å². The molecule has 0 unspecified atom stereocenters. The zero-order valence-corrected chi connectivity index (χ0v) is 32.1. The summed E-state index contributed by atoms with van der Waals surface area (Å²) in [5.41, 5.74) is 15.4. The number of rotatable bonds is 6. The van der Waals surface area contributed by atoms with Crippen LogP contribution in [0, 0.1) is 0 Å². The van der Waals surface area contributed by atoms with Gasteiger partial charge in [0.2, 0.25) is 0 Å². The Balaban J connectivity index is 0.932. The zero-order valence-electron chi connectivity index (χ0n) is 32.1. The molecule has 0 bridgehead atoms. The molecule has 0 atom stereocenters. The monoisotopic (exact) mass is 759 g/mol. The van der Waals surface area contributed by atoms with E-state index >= 15 is 0 Å². The minimum absolute atomic E-state index is 0.820. The Morgan fingerprint density at radius 1 is 0.475 bits per heavy atom. The maximum Gasteiger partial charge on any atom is 0.152 e. The van der Waals surface area contributed by atoms with Crippen LogP contribution in [0.4, 0.5) is 34.1 Å². The van der Waals surface area contributed by atoms with Crippen molar-refractivity contribution in [1.29, 1.82) is 0 Å². The van der Waals surface area contributed by atoms with E-state index in [1.54, 1.807) is 0 Å². The molecule has 0 saturated heterocycles. The molecule has 5 nitrogen and oxygen atoms in total. The maximum atomic E-state index is 6.68. The van der Waals surface area contributed by atoms with Crippen LogP contribution in [0.1, 0.15) is 17.7 Å². The van der Waals surface area contributed by atoms with Gasteiger partial charge in [0.1, 0.15) is 11.2 Å². The normalized spacial score (nSPS) is 13.0. The third-order valence-corrected chi connectivity index (χ3v) is 11.8. The van der Waals surface area contributed by atoms with E-state index in [1.807, 2.05) is 24.3 Å². The number of ether oxygens (including phenoxy) is 1. The van der Waals surface area contributed by atoms with E-state index in [0.29, 0.717) is 0 Å². The third-order valence-electron chi connectivity index (χ3n) is 11.8. The molecule has 12 rings (SSSR count). The molecule has 2 aliphatic rings. The van der Waals surface area contributed by atoms with Crippen LogP contribution in [0.25, 0.3) is 55.7 Å². The van der Waals surface area contributed by atoms with Crippen molar-refractivity contribution in [2.24, 2.45) is 0 Å². The number of allylic oxidation sites excluding steroid dienone is 1. The standard InChI is InChI=1S/C54H37N3O2/c1-3-13-38(14-4-1)55(39-15-5-2-6-16-39)40-25-27-41(28-26-40)56-47-19-9-7-17-43(47)45-33-36(23-30-48(45)56)37-24-31-50-54(34-37)59-53-22-12-10-20-49(53)57(50)42-29-32-52-46(35-42)44-18-8-11-21-51(44)58-52/h1-6,8-16,18-35H,7,17H2. The van der Waals surface area contributed by atoms with Crippen LogP contribution in [0.15, 0.2) is 199 Å². The predicted octanol–water partition coefficient (Wildman–Crippen LogP) is 15.2. The zero-order chi connectivity index (χ0) is 38.9. The molecule has 0 fully saturated rings. The van der Waals surface area contributed by atoms with E-state index in [0.717, 1.165) is 97.2 Å². The second-order valence-electron chi connectivity index (χ2n) is 15.3. The van der Waals surface area contributed by atoms with Gasteiger partial charge in [-0.3, -0.25) is 0 Å². The number of furan rings is 1. The highest BCUT2D eigenvalue weighted by molar-refractivity contribution is 6.07. The van der Waals surface area contributed by atoms with E-state index in [-0.39, 0.29) is 0 Å². The van der Waals surface area contributed by atoms with Gasteiger partial charge in [-0.25, -0.2) is 0 Å². The molecule has 8 aromatic carbocycles.